The highest BCUT2D eigenvalue weighted by molar-refractivity contribution is 7.98. The zero-order valence-electron chi connectivity index (χ0n) is 15.0. The molecule has 2 aliphatic rings. The molecule has 3 rings (SSSR count). The van der Waals surface area contributed by atoms with Crippen molar-refractivity contribution in [2.24, 2.45) is 18.9 Å². The maximum Gasteiger partial charge on any atom is 0.226 e. The van der Waals surface area contributed by atoms with Crippen LogP contribution in [-0.2, 0) is 23.2 Å². The molecule has 8 heteroatoms. The normalized spacial score (nSPS) is 23.7. The molecule has 2 saturated heterocycles. The number of imidazole rings is 1. The van der Waals surface area contributed by atoms with Crippen molar-refractivity contribution >= 4 is 23.6 Å². The summed E-state index contributed by atoms with van der Waals surface area (Å²) < 4.78 is 1.99. The van der Waals surface area contributed by atoms with Crippen LogP contribution in [0.15, 0.2) is 11.4 Å². The van der Waals surface area contributed by atoms with E-state index in [1.807, 2.05) is 22.8 Å². The van der Waals surface area contributed by atoms with Crippen LogP contribution < -0.4 is 10.6 Å². The summed E-state index contributed by atoms with van der Waals surface area (Å²) in [4.78, 5) is 31.4. The summed E-state index contributed by atoms with van der Waals surface area (Å²) in [7, 11) is 1.95. The fourth-order valence-corrected chi connectivity index (χ4v) is 4.18. The van der Waals surface area contributed by atoms with Crippen LogP contribution in [0.4, 0.5) is 0 Å². The van der Waals surface area contributed by atoms with Crippen molar-refractivity contribution < 1.29 is 9.59 Å². The monoisotopic (exact) mass is 365 g/mol. The van der Waals surface area contributed by atoms with Crippen LogP contribution in [0.25, 0.3) is 0 Å². The van der Waals surface area contributed by atoms with Crippen molar-refractivity contribution in [3.8, 4) is 0 Å². The number of carbonyl (C=O) groups is 2. The zero-order chi connectivity index (χ0) is 17.8. The van der Waals surface area contributed by atoms with E-state index >= 15 is 0 Å². The average molecular weight is 366 g/mol. The van der Waals surface area contributed by atoms with Gasteiger partial charge in [0.15, 0.2) is 5.16 Å². The van der Waals surface area contributed by atoms with Crippen LogP contribution >= 0.6 is 11.8 Å². The molecule has 25 heavy (non-hydrogen) atoms. The molecule has 0 spiro atoms. The van der Waals surface area contributed by atoms with Crippen molar-refractivity contribution in [1.82, 2.24) is 25.1 Å². The summed E-state index contributed by atoms with van der Waals surface area (Å²) in [5.41, 5.74) is 0.978. The first-order valence-corrected chi connectivity index (χ1v) is 10.1. The van der Waals surface area contributed by atoms with E-state index in [4.69, 9.17) is 0 Å². The number of amides is 2. The minimum absolute atomic E-state index is 0.0123. The number of piperidine rings is 1. The number of nitrogens with one attached hydrogen (secondary N) is 2. The van der Waals surface area contributed by atoms with Crippen molar-refractivity contribution in [2.75, 3.05) is 32.4 Å². The van der Waals surface area contributed by atoms with Crippen molar-refractivity contribution in [3.63, 3.8) is 0 Å². The lowest BCUT2D eigenvalue weighted by Gasteiger charge is -2.31. The van der Waals surface area contributed by atoms with E-state index in [-0.39, 0.29) is 23.7 Å². The Balaban J connectivity index is 1.52. The SMILES string of the molecule is CSc1ncc(CNC(=O)[C@H]2CNC[C@@H](C(=O)N3CCCC3)C2)n1C. The number of hydrogen-bond acceptors (Lipinski definition) is 5. The Morgan fingerprint density at radius 1 is 1.32 bits per heavy atom. The van der Waals surface area contributed by atoms with Crippen LogP contribution in [0, 0.1) is 11.8 Å². The Kier molecular flexibility index (Phi) is 6.01. The van der Waals surface area contributed by atoms with E-state index in [1.165, 1.54) is 0 Å². The summed E-state index contributed by atoms with van der Waals surface area (Å²) in [6, 6.07) is 0. The third-order valence-electron chi connectivity index (χ3n) is 5.16. The van der Waals surface area contributed by atoms with Gasteiger partial charge in [-0.3, -0.25) is 9.59 Å². The van der Waals surface area contributed by atoms with Gasteiger partial charge in [-0.05, 0) is 25.5 Å². The fraction of sp³-hybridized carbons (Fsp3) is 0.706. The van der Waals surface area contributed by atoms with Gasteiger partial charge < -0.3 is 20.1 Å². The van der Waals surface area contributed by atoms with Gasteiger partial charge in [-0.25, -0.2) is 4.98 Å². The van der Waals surface area contributed by atoms with Crippen molar-refractivity contribution in [1.29, 1.82) is 0 Å². The molecule has 138 valence electrons. The maximum absolute atomic E-state index is 12.6. The highest BCUT2D eigenvalue weighted by Crippen LogP contribution is 2.21. The van der Waals surface area contributed by atoms with Crippen molar-refractivity contribution in [2.45, 2.75) is 31.0 Å². The minimum atomic E-state index is -0.154. The molecule has 0 unspecified atom stereocenters. The predicted molar refractivity (Wildman–Crippen MR) is 97.1 cm³/mol. The summed E-state index contributed by atoms with van der Waals surface area (Å²) >= 11 is 1.58. The first-order valence-electron chi connectivity index (χ1n) is 8.92. The summed E-state index contributed by atoms with van der Waals surface area (Å²) in [6.45, 7) is 3.51. The Hall–Kier alpha value is -1.54. The molecule has 3 heterocycles. The molecule has 7 nitrogen and oxygen atoms in total. The molecule has 0 saturated carbocycles. The lowest BCUT2D eigenvalue weighted by atomic mass is 9.89. The number of likely N-dealkylation sites (tertiary alicyclic amines) is 1. The van der Waals surface area contributed by atoms with Gasteiger partial charge in [0.25, 0.3) is 0 Å². The standard InChI is InChI=1S/C17H27N5O2S/c1-21-14(11-20-17(21)25-2)10-19-15(23)12-7-13(9-18-8-12)16(24)22-5-3-4-6-22/h11-13,18H,3-10H2,1-2H3,(H,19,23)/t12-,13+/m1/s1. The topological polar surface area (TPSA) is 79.3 Å². The summed E-state index contributed by atoms with van der Waals surface area (Å²) in [5.74, 6) is -0.0157. The van der Waals surface area contributed by atoms with E-state index in [2.05, 4.69) is 15.6 Å². The van der Waals surface area contributed by atoms with Crippen LogP contribution in [0.5, 0.6) is 0 Å². The smallest absolute Gasteiger partial charge is 0.226 e. The molecule has 0 aromatic carbocycles. The highest BCUT2D eigenvalue weighted by Gasteiger charge is 2.34. The van der Waals surface area contributed by atoms with Crippen molar-refractivity contribution in [3.05, 3.63) is 11.9 Å². The summed E-state index contributed by atoms with van der Waals surface area (Å²) in [5, 5.41) is 7.20. The van der Waals surface area contributed by atoms with Gasteiger partial charge in [0.2, 0.25) is 11.8 Å². The van der Waals surface area contributed by atoms with E-state index < -0.39 is 0 Å². The predicted octanol–water partition coefficient (Wildman–Crippen LogP) is 0.606. The molecule has 2 aliphatic heterocycles. The number of nitrogens with zero attached hydrogens (tertiary/aromatic N) is 3. The first kappa shape index (κ1) is 18.3. The van der Waals surface area contributed by atoms with Crippen LogP contribution in [0.3, 0.4) is 0 Å². The third kappa shape index (κ3) is 4.17. The highest BCUT2D eigenvalue weighted by atomic mass is 32.2. The van der Waals surface area contributed by atoms with Gasteiger partial charge in [0.1, 0.15) is 0 Å². The maximum atomic E-state index is 12.6. The molecule has 2 amide bonds. The van der Waals surface area contributed by atoms with Gasteiger partial charge in [0, 0.05) is 33.2 Å². The van der Waals surface area contributed by atoms with Gasteiger partial charge in [-0.1, -0.05) is 11.8 Å². The minimum Gasteiger partial charge on any atom is -0.350 e. The Bertz CT molecular complexity index is 627. The van der Waals surface area contributed by atoms with Crippen LogP contribution in [0.1, 0.15) is 25.0 Å². The van der Waals surface area contributed by atoms with E-state index in [1.54, 1.807) is 18.0 Å². The first-order chi connectivity index (χ1) is 12.1. The molecule has 0 radical (unpaired) electrons. The Morgan fingerprint density at radius 3 is 2.72 bits per heavy atom. The van der Waals surface area contributed by atoms with Gasteiger partial charge in [-0.2, -0.15) is 0 Å². The zero-order valence-corrected chi connectivity index (χ0v) is 15.8. The molecule has 1 aromatic heterocycles. The lowest BCUT2D eigenvalue weighted by molar-refractivity contribution is -0.136. The van der Waals surface area contributed by atoms with E-state index in [0.717, 1.165) is 36.8 Å². The van der Waals surface area contributed by atoms with Gasteiger partial charge in [-0.15, -0.1) is 0 Å². The number of rotatable bonds is 5. The van der Waals surface area contributed by atoms with E-state index in [0.29, 0.717) is 26.1 Å². The molecule has 0 bridgehead atoms. The largest absolute Gasteiger partial charge is 0.350 e. The van der Waals surface area contributed by atoms with Gasteiger partial charge >= 0.3 is 0 Å². The molecule has 2 atom stereocenters. The second-order valence-electron chi connectivity index (χ2n) is 6.83. The average Bonchev–Trinajstić information content (AvgIpc) is 3.29. The molecule has 1 aromatic rings. The van der Waals surface area contributed by atoms with Crippen LogP contribution in [-0.4, -0.2) is 58.7 Å². The van der Waals surface area contributed by atoms with Crippen LogP contribution in [0.2, 0.25) is 0 Å². The molecular weight excluding hydrogens is 338 g/mol. The Morgan fingerprint density at radius 2 is 2.04 bits per heavy atom. The second kappa shape index (κ2) is 8.23. The van der Waals surface area contributed by atoms with Gasteiger partial charge in [0.05, 0.1) is 30.3 Å². The second-order valence-corrected chi connectivity index (χ2v) is 7.61. The number of thioether (sulfide) groups is 1. The molecule has 2 N–H and O–H groups in total. The molecule has 2 fully saturated rings. The fourth-order valence-electron chi connectivity index (χ4n) is 3.63. The lowest BCUT2D eigenvalue weighted by Crippen LogP contribution is -2.48. The number of hydrogen-bond donors (Lipinski definition) is 2. The Labute approximate surface area is 152 Å². The quantitative estimate of drug-likeness (QED) is 0.748. The summed E-state index contributed by atoms with van der Waals surface area (Å²) in [6.07, 6.45) is 6.60. The molecular formula is C17H27N5O2S. The number of carbonyl (C=O) groups excluding carboxylic acids is 2. The third-order valence-corrected chi connectivity index (χ3v) is 5.90. The molecule has 0 aliphatic carbocycles. The van der Waals surface area contributed by atoms with E-state index in [9.17, 15) is 9.59 Å². The number of aromatic nitrogens is 2.